The molecule has 0 saturated heterocycles. The molecular weight excluding hydrogens is 817 g/mol. The van der Waals surface area contributed by atoms with E-state index < -0.39 is 0 Å². The van der Waals surface area contributed by atoms with Crippen molar-refractivity contribution in [3.8, 4) is 0 Å². The number of rotatable bonds is 45. The molecule has 0 bridgehead atoms. The average Bonchev–Trinajstić information content (AvgIpc) is 3.28. The van der Waals surface area contributed by atoms with Crippen molar-refractivity contribution in [3.05, 3.63) is 0 Å². The first-order valence-corrected chi connectivity index (χ1v) is 25.2. The molecule has 0 aromatic heterocycles. The molecule has 0 fully saturated rings. The highest BCUT2D eigenvalue weighted by Gasteiger charge is 2.08. The first kappa shape index (κ1) is 59.8. The van der Waals surface area contributed by atoms with E-state index in [0.29, 0.717) is 142 Å². The lowest BCUT2D eigenvalue weighted by molar-refractivity contribution is -0.123. The third kappa shape index (κ3) is 44.4. The zero-order valence-corrected chi connectivity index (χ0v) is 40.1. The molecule has 0 atom stereocenters. The van der Waals surface area contributed by atoms with Crippen molar-refractivity contribution in [1.82, 2.24) is 42.5 Å². The van der Waals surface area contributed by atoms with Crippen molar-refractivity contribution in [2.24, 2.45) is 0 Å². The van der Waals surface area contributed by atoms with Crippen LogP contribution in [-0.2, 0) is 38.4 Å². The summed E-state index contributed by atoms with van der Waals surface area (Å²) >= 11 is 0. The van der Waals surface area contributed by atoms with Gasteiger partial charge in [0.15, 0.2) is 0 Å². The standard InChI is InChI=1S/C48H90N8O8/c1-3-33-49-41(57)25-11-13-27-43(59)51-35-19-5-7-21-37-53-45(61)29-15-17-31-47(63)55-39-23-9-10-24-40-56-48(64)32-18-16-30-46(62)54-38-22-8-6-20-36-52-44(60)28-14-12-26-42(58)50-34-4-2/h3-40H2,1-2H3,(H,49,57)(H,50,58)(H,51,59)(H,52,60)(H,53,61)(H,54,62)(H,55,63)(H,56,64). The van der Waals surface area contributed by atoms with Crippen molar-refractivity contribution in [1.29, 1.82) is 0 Å². The summed E-state index contributed by atoms with van der Waals surface area (Å²) in [5.74, 6) is 0.203. The Bertz CT molecular complexity index is 1170. The van der Waals surface area contributed by atoms with Crippen LogP contribution in [-0.4, -0.2) is 99.6 Å². The topological polar surface area (TPSA) is 233 Å². The molecule has 0 aromatic rings. The van der Waals surface area contributed by atoms with E-state index in [1.165, 1.54) is 0 Å². The summed E-state index contributed by atoms with van der Waals surface area (Å²) in [6.07, 6.45) is 22.0. The van der Waals surface area contributed by atoms with E-state index in [-0.39, 0.29) is 47.3 Å². The summed E-state index contributed by atoms with van der Waals surface area (Å²) in [6.45, 7) is 9.22. The Kier molecular flexibility index (Phi) is 42.3. The van der Waals surface area contributed by atoms with Crippen molar-refractivity contribution in [3.63, 3.8) is 0 Å². The van der Waals surface area contributed by atoms with Gasteiger partial charge in [0.05, 0.1) is 0 Å². The maximum absolute atomic E-state index is 12.1. The van der Waals surface area contributed by atoms with Gasteiger partial charge < -0.3 is 42.5 Å². The van der Waals surface area contributed by atoms with Crippen molar-refractivity contribution < 1.29 is 38.4 Å². The molecule has 0 saturated carbocycles. The zero-order valence-electron chi connectivity index (χ0n) is 40.1. The van der Waals surface area contributed by atoms with E-state index >= 15 is 0 Å². The van der Waals surface area contributed by atoms with Gasteiger partial charge in [0.2, 0.25) is 47.3 Å². The number of hydrogen-bond donors (Lipinski definition) is 8. The van der Waals surface area contributed by atoms with E-state index in [1.54, 1.807) is 0 Å². The first-order valence-electron chi connectivity index (χ1n) is 25.2. The van der Waals surface area contributed by atoms with E-state index in [2.05, 4.69) is 42.5 Å². The SMILES string of the molecule is CCCNC(=O)CCCCC(=O)NCCCCCCNC(=O)CCCCC(=O)NCCCCCCNC(=O)CCCCC(=O)NCCCCCCNC(=O)CCCCC(=O)NCCC. The Morgan fingerprint density at radius 3 is 0.484 bits per heavy atom. The van der Waals surface area contributed by atoms with Crippen LogP contribution < -0.4 is 42.5 Å². The van der Waals surface area contributed by atoms with Gasteiger partial charge in [-0.05, 0) is 103 Å². The summed E-state index contributed by atoms with van der Waals surface area (Å²) in [4.78, 5) is 95.5. The highest BCUT2D eigenvalue weighted by Crippen LogP contribution is 2.06. The molecule has 8 amide bonds. The summed E-state index contributed by atoms with van der Waals surface area (Å²) in [7, 11) is 0. The van der Waals surface area contributed by atoms with Gasteiger partial charge in [-0.2, -0.15) is 0 Å². The number of unbranched alkanes of at least 4 members (excludes halogenated alkanes) is 13. The second kappa shape index (κ2) is 45.3. The second-order valence-corrected chi connectivity index (χ2v) is 16.9. The van der Waals surface area contributed by atoms with Crippen molar-refractivity contribution in [2.45, 2.75) is 206 Å². The lowest BCUT2D eigenvalue weighted by Crippen LogP contribution is -2.26. The molecule has 64 heavy (non-hydrogen) atoms. The quantitative estimate of drug-likeness (QED) is 0.0355. The van der Waals surface area contributed by atoms with Gasteiger partial charge in [-0.3, -0.25) is 38.4 Å². The van der Waals surface area contributed by atoms with Crippen LogP contribution in [0.4, 0.5) is 0 Å². The largest absolute Gasteiger partial charge is 0.356 e. The van der Waals surface area contributed by atoms with E-state index in [0.717, 1.165) is 103 Å². The van der Waals surface area contributed by atoms with E-state index in [9.17, 15) is 38.4 Å². The van der Waals surface area contributed by atoms with Crippen molar-refractivity contribution in [2.75, 3.05) is 52.4 Å². The fourth-order valence-electron chi connectivity index (χ4n) is 6.70. The third-order valence-electron chi connectivity index (χ3n) is 10.6. The molecule has 370 valence electrons. The van der Waals surface area contributed by atoms with Gasteiger partial charge in [0.25, 0.3) is 0 Å². The first-order chi connectivity index (χ1) is 31.1. The number of amides is 8. The maximum Gasteiger partial charge on any atom is 0.219 e. The smallest absolute Gasteiger partial charge is 0.219 e. The summed E-state index contributed by atoms with van der Waals surface area (Å²) < 4.78 is 0. The van der Waals surface area contributed by atoms with Gasteiger partial charge in [0.1, 0.15) is 0 Å². The molecule has 0 aromatic carbocycles. The van der Waals surface area contributed by atoms with E-state index in [1.807, 2.05) is 13.8 Å². The van der Waals surface area contributed by atoms with Crippen LogP contribution >= 0.6 is 0 Å². The molecule has 16 nitrogen and oxygen atoms in total. The number of carbonyl (C=O) groups is 8. The predicted octanol–water partition coefficient (Wildman–Crippen LogP) is 5.66. The molecule has 0 heterocycles. The van der Waals surface area contributed by atoms with Crippen LogP contribution in [0.1, 0.15) is 206 Å². The molecule has 0 spiro atoms. The Balaban J connectivity index is 3.49. The molecular formula is C48H90N8O8. The minimum Gasteiger partial charge on any atom is -0.356 e. The number of hydrogen-bond acceptors (Lipinski definition) is 8. The minimum absolute atomic E-state index is 0.00835. The summed E-state index contributed by atoms with van der Waals surface area (Å²) in [5, 5.41) is 23.3. The lowest BCUT2D eigenvalue weighted by atomic mass is 10.1. The fourth-order valence-corrected chi connectivity index (χ4v) is 6.70. The van der Waals surface area contributed by atoms with Gasteiger partial charge in [-0.25, -0.2) is 0 Å². The normalized spacial score (nSPS) is 10.7. The molecule has 16 heteroatoms. The van der Waals surface area contributed by atoms with Gasteiger partial charge in [-0.15, -0.1) is 0 Å². The highest BCUT2D eigenvalue weighted by molar-refractivity contribution is 5.79. The molecule has 0 aliphatic heterocycles. The van der Waals surface area contributed by atoms with Gasteiger partial charge >= 0.3 is 0 Å². The van der Waals surface area contributed by atoms with Crippen LogP contribution in [0.5, 0.6) is 0 Å². The van der Waals surface area contributed by atoms with Gasteiger partial charge in [0, 0.05) is 104 Å². The van der Waals surface area contributed by atoms with Crippen LogP contribution in [0, 0.1) is 0 Å². The van der Waals surface area contributed by atoms with Crippen molar-refractivity contribution >= 4 is 47.3 Å². The molecule has 0 unspecified atom stereocenters. The minimum atomic E-state index is 0.00835. The van der Waals surface area contributed by atoms with Crippen LogP contribution in [0.25, 0.3) is 0 Å². The van der Waals surface area contributed by atoms with Crippen LogP contribution in [0.2, 0.25) is 0 Å². The molecule has 8 N–H and O–H groups in total. The highest BCUT2D eigenvalue weighted by atomic mass is 16.2. The van der Waals surface area contributed by atoms with Crippen LogP contribution in [0.3, 0.4) is 0 Å². The fraction of sp³-hybridized carbons (Fsp3) is 0.833. The molecule has 0 rings (SSSR count). The number of nitrogens with one attached hydrogen (secondary N) is 8. The monoisotopic (exact) mass is 907 g/mol. The predicted molar refractivity (Wildman–Crippen MR) is 254 cm³/mol. The Labute approximate surface area is 386 Å². The number of carbonyl (C=O) groups excluding carboxylic acids is 8. The second-order valence-electron chi connectivity index (χ2n) is 16.9. The Hall–Kier alpha value is -4.24. The average molecular weight is 907 g/mol. The maximum atomic E-state index is 12.1. The Morgan fingerprint density at radius 2 is 0.344 bits per heavy atom. The third-order valence-corrected chi connectivity index (χ3v) is 10.6. The summed E-state index contributed by atoms with van der Waals surface area (Å²) in [5.41, 5.74) is 0. The lowest BCUT2D eigenvalue weighted by Gasteiger charge is -2.08. The zero-order chi connectivity index (χ0) is 47.1. The van der Waals surface area contributed by atoms with Gasteiger partial charge in [-0.1, -0.05) is 52.4 Å². The van der Waals surface area contributed by atoms with Crippen LogP contribution in [0.15, 0.2) is 0 Å². The molecule has 0 aliphatic carbocycles. The molecule has 0 radical (unpaired) electrons. The Morgan fingerprint density at radius 1 is 0.203 bits per heavy atom. The van der Waals surface area contributed by atoms with E-state index in [4.69, 9.17) is 0 Å². The summed E-state index contributed by atoms with van der Waals surface area (Å²) in [6, 6.07) is 0. The molecule has 0 aliphatic rings.